The van der Waals surface area contributed by atoms with Crippen molar-refractivity contribution in [2.45, 2.75) is 0 Å². The Bertz CT molecular complexity index is 639. The van der Waals surface area contributed by atoms with Gasteiger partial charge in [-0.2, -0.15) is 0 Å². The van der Waals surface area contributed by atoms with Gasteiger partial charge in [0.1, 0.15) is 0 Å². The number of carbonyl (C=O) groups is 1. The fourth-order valence-electron chi connectivity index (χ4n) is 2.18. The molecule has 1 aliphatic heterocycles. The van der Waals surface area contributed by atoms with Gasteiger partial charge in [-0.1, -0.05) is 23.7 Å². The van der Waals surface area contributed by atoms with Crippen LogP contribution in [0.25, 0.3) is 0 Å². The van der Waals surface area contributed by atoms with E-state index in [0.717, 1.165) is 17.1 Å². The molecule has 1 amide bonds. The highest BCUT2D eigenvalue weighted by molar-refractivity contribution is 6.31. The van der Waals surface area contributed by atoms with Crippen LogP contribution in [0.1, 0.15) is 10.4 Å². The Hall–Kier alpha value is -2.00. The Morgan fingerprint density at radius 2 is 1.89 bits per heavy atom. The van der Waals surface area contributed by atoms with Gasteiger partial charge in [0, 0.05) is 12.1 Å². The maximum Gasteiger partial charge on any atom is 0.257 e. The summed E-state index contributed by atoms with van der Waals surface area (Å²) >= 11 is 5.97. The van der Waals surface area contributed by atoms with Crippen molar-refractivity contribution in [3.63, 3.8) is 0 Å². The third-order valence-electron chi connectivity index (χ3n) is 3.08. The van der Waals surface area contributed by atoms with Gasteiger partial charge in [0.05, 0.1) is 22.6 Å². The molecule has 0 atom stereocenters. The zero-order valence-electron chi connectivity index (χ0n) is 9.77. The minimum absolute atomic E-state index is 0.113. The normalized spacial score (nSPS) is 13.4. The molecule has 0 spiro atoms. The van der Waals surface area contributed by atoms with Gasteiger partial charge in [-0.3, -0.25) is 4.79 Å². The van der Waals surface area contributed by atoms with Crippen molar-refractivity contribution in [1.82, 2.24) is 0 Å². The van der Waals surface area contributed by atoms with E-state index in [1.54, 1.807) is 6.07 Å². The minimum atomic E-state index is -0.113. The third-order valence-corrected chi connectivity index (χ3v) is 3.31. The molecular formula is C14H11ClN2O. The number of rotatable bonds is 0. The molecular weight excluding hydrogens is 248 g/mol. The van der Waals surface area contributed by atoms with E-state index < -0.39 is 0 Å². The van der Waals surface area contributed by atoms with Crippen LogP contribution in [0, 0.1) is 0 Å². The van der Waals surface area contributed by atoms with Crippen LogP contribution in [0.3, 0.4) is 0 Å². The van der Waals surface area contributed by atoms with Gasteiger partial charge in [-0.05, 0) is 30.3 Å². The van der Waals surface area contributed by atoms with E-state index in [-0.39, 0.29) is 5.91 Å². The first kappa shape index (κ1) is 11.1. The Morgan fingerprint density at radius 1 is 1.11 bits per heavy atom. The summed E-state index contributed by atoms with van der Waals surface area (Å²) < 4.78 is 0. The number of amides is 1. The van der Waals surface area contributed by atoms with E-state index in [2.05, 4.69) is 5.32 Å². The molecule has 18 heavy (non-hydrogen) atoms. The maximum atomic E-state index is 12.1. The van der Waals surface area contributed by atoms with Crippen LogP contribution < -0.4 is 10.2 Å². The fourth-order valence-corrected chi connectivity index (χ4v) is 2.35. The molecule has 90 valence electrons. The summed E-state index contributed by atoms with van der Waals surface area (Å²) in [5, 5.41) is 3.49. The molecule has 3 rings (SSSR count). The van der Waals surface area contributed by atoms with Crippen LogP contribution in [0.4, 0.5) is 17.1 Å². The van der Waals surface area contributed by atoms with E-state index in [1.807, 2.05) is 48.3 Å². The predicted octanol–water partition coefficient (Wildman–Crippen LogP) is 3.67. The number of fused-ring (bicyclic) bond motifs is 2. The molecule has 4 heteroatoms. The van der Waals surface area contributed by atoms with E-state index in [4.69, 9.17) is 11.6 Å². The smallest absolute Gasteiger partial charge is 0.257 e. The predicted molar refractivity (Wildman–Crippen MR) is 73.9 cm³/mol. The molecule has 0 bridgehead atoms. The summed E-state index contributed by atoms with van der Waals surface area (Å²) in [5.74, 6) is -0.113. The van der Waals surface area contributed by atoms with Crippen molar-refractivity contribution in [2.75, 3.05) is 17.3 Å². The van der Waals surface area contributed by atoms with Crippen molar-refractivity contribution in [1.29, 1.82) is 0 Å². The number of para-hydroxylation sites is 1. The first-order chi connectivity index (χ1) is 8.66. The second-order valence-electron chi connectivity index (χ2n) is 4.19. The van der Waals surface area contributed by atoms with Crippen LogP contribution in [0.5, 0.6) is 0 Å². The molecule has 0 aliphatic carbocycles. The monoisotopic (exact) mass is 258 g/mol. The second-order valence-corrected chi connectivity index (χ2v) is 4.63. The van der Waals surface area contributed by atoms with E-state index in [1.165, 1.54) is 0 Å². The standard InChI is InChI=1S/C14H11ClN2O/c1-17-12-5-3-2-4-10(12)14(18)16-11-8-9(15)6-7-13(11)17/h2-8H,1H3,(H,16,18). The Balaban J connectivity index is 2.24. The summed E-state index contributed by atoms with van der Waals surface area (Å²) in [6.45, 7) is 0. The summed E-state index contributed by atoms with van der Waals surface area (Å²) in [6.07, 6.45) is 0. The van der Waals surface area contributed by atoms with Crippen molar-refractivity contribution in [2.24, 2.45) is 0 Å². The highest BCUT2D eigenvalue weighted by Gasteiger charge is 2.22. The molecule has 1 aliphatic rings. The molecule has 1 N–H and O–H groups in total. The highest BCUT2D eigenvalue weighted by atomic mass is 35.5. The number of carbonyl (C=O) groups excluding carboxylic acids is 1. The lowest BCUT2D eigenvalue weighted by molar-refractivity contribution is 0.102. The molecule has 2 aromatic carbocycles. The van der Waals surface area contributed by atoms with Crippen molar-refractivity contribution in [3.05, 3.63) is 53.1 Å². The maximum absolute atomic E-state index is 12.1. The zero-order valence-corrected chi connectivity index (χ0v) is 10.5. The molecule has 0 unspecified atom stereocenters. The molecule has 0 radical (unpaired) electrons. The fraction of sp³-hybridized carbons (Fsp3) is 0.0714. The largest absolute Gasteiger partial charge is 0.342 e. The van der Waals surface area contributed by atoms with Gasteiger partial charge in [0.2, 0.25) is 0 Å². The second kappa shape index (κ2) is 4.03. The van der Waals surface area contributed by atoms with Gasteiger partial charge in [0.25, 0.3) is 5.91 Å². The van der Waals surface area contributed by atoms with Gasteiger partial charge < -0.3 is 10.2 Å². The molecule has 1 heterocycles. The number of nitrogens with one attached hydrogen (secondary N) is 1. The summed E-state index contributed by atoms with van der Waals surface area (Å²) in [4.78, 5) is 14.1. The van der Waals surface area contributed by atoms with Crippen molar-refractivity contribution < 1.29 is 4.79 Å². The van der Waals surface area contributed by atoms with E-state index >= 15 is 0 Å². The van der Waals surface area contributed by atoms with Crippen LogP contribution in [0.15, 0.2) is 42.5 Å². The highest BCUT2D eigenvalue weighted by Crippen LogP contribution is 2.37. The molecule has 2 aromatic rings. The first-order valence-electron chi connectivity index (χ1n) is 5.60. The van der Waals surface area contributed by atoms with Crippen LogP contribution in [-0.4, -0.2) is 13.0 Å². The Kier molecular flexibility index (Phi) is 2.49. The number of nitrogens with zero attached hydrogens (tertiary/aromatic N) is 1. The first-order valence-corrected chi connectivity index (χ1v) is 5.98. The van der Waals surface area contributed by atoms with Crippen LogP contribution >= 0.6 is 11.6 Å². The third kappa shape index (κ3) is 1.64. The average Bonchev–Trinajstić information content (AvgIpc) is 2.47. The number of hydrogen-bond acceptors (Lipinski definition) is 2. The summed E-state index contributed by atoms with van der Waals surface area (Å²) in [6, 6.07) is 13.0. The molecule has 0 fully saturated rings. The quantitative estimate of drug-likeness (QED) is 0.782. The minimum Gasteiger partial charge on any atom is -0.342 e. The number of hydrogen-bond donors (Lipinski definition) is 1. The molecule has 0 saturated carbocycles. The topological polar surface area (TPSA) is 32.3 Å². The number of halogens is 1. The van der Waals surface area contributed by atoms with Crippen LogP contribution in [0.2, 0.25) is 5.02 Å². The van der Waals surface area contributed by atoms with E-state index in [0.29, 0.717) is 10.6 Å². The van der Waals surface area contributed by atoms with E-state index in [9.17, 15) is 4.79 Å². The SMILES string of the molecule is CN1c2ccc(Cl)cc2NC(=O)c2ccccc21. The summed E-state index contributed by atoms with van der Waals surface area (Å²) in [5.41, 5.74) is 3.20. The molecule has 0 saturated heterocycles. The number of benzene rings is 2. The average molecular weight is 259 g/mol. The van der Waals surface area contributed by atoms with Crippen molar-refractivity contribution in [3.8, 4) is 0 Å². The number of anilines is 3. The molecule has 3 nitrogen and oxygen atoms in total. The lowest BCUT2D eigenvalue weighted by atomic mass is 10.1. The Labute approximate surface area is 110 Å². The van der Waals surface area contributed by atoms with Crippen LogP contribution in [-0.2, 0) is 0 Å². The molecule has 0 aromatic heterocycles. The Morgan fingerprint density at radius 3 is 2.72 bits per heavy atom. The van der Waals surface area contributed by atoms with Gasteiger partial charge in [-0.25, -0.2) is 0 Å². The van der Waals surface area contributed by atoms with Crippen molar-refractivity contribution >= 4 is 34.6 Å². The lowest BCUT2D eigenvalue weighted by Gasteiger charge is -2.20. The van der Waals surface area contributed by atoms with Gasteiger partial charge in [-0.15, -0.1) is 0 Å². The van der Waals surface area contributed by atoms with Gasteiger partial charge in [0.15, 0.2) is 0 Å². The lowest BCUT2D eigenvalue weighted by Crippen LogP contribution is -2.11. The van der Waals surface area contributed by atoms with Gasteiger partial charge >= 0.3 is 0 Å². The summed E-state index contributed by atoms with van der Waals surface area (Å²) in [7, 11) is 1.94. The zero-order chi connectivity index (χ0) is 12.7.